The van der Waals surface area contributed by atoms with Crippen LogP contribution in [-0.4, -0.2) is 33.9 Å². The molecule has 1 aromatic rings. The van der Waals surface area contributed by atoms with Gasteiger partial charge in [0.2, 0.25) is 0 Å². The van der Waals surface area contributed by atoms with Crippen LogP contribution in [-0.2, 0) is 21.1 Å². The van der Waals surface area contributed by atoms with Crippen molar-refractivity contribution < 1.29 is 13.2 Å². The van der Waals surface area contributed by atoms with Crippen LogP contribution in [0.15, 0.2) is 23.1 Å². The van der Waals surface area contributed by atoms with Crippen molar-refractivity contribution in [3.8, 4) is 0 Å². The van der Waals surface area contributed by atoms with Gasteiger partial charge in [0, 0.05) is 30.0 Å². The Balaban J connectivity index is 2.56. The monoisotopic (exact) mass is 319 g/mol. The van der Waals surface area contributed by atoms with Crippen LogP contribution in [0, 0.1) is 0 Å². The maximum absolute atomic E-state index is 11.7. The Morgan fingerprint density at radius 1 is 1.35 bits per heavy atom. The number of ether oxygens (including phenoxy) is 1. The maximum Gasteiger partial charge on any atom is 0.175 e. The fourth-order valence-electron chi connectivity index (χ4n) is 1.79. The van der Waals surface area contributed by atoms with Gasteiger partial charge in [0.05, 0.1) is 11.0 Å². The Kier molecular flexibility index (Phi) is 6.95. The first-order valence-corrected chi connectivity index (χ1v) is 8.89. The first-order chi connectivity index (χ1) is 9.32. The van der Waals surface area contributed by atoms with Crippen LogP contribution in [0.3, 0.4) is 0 Å². The molecule has 0 aliphatic rings. The summed E-state index contributed by atoms with van der Waals surface area (Å²) in [5.41, 5.74) is 0.626. The smallest absolute Gasteiger partial charge is 0.175 e. The predicted octanol–water partition coefficient (Wildman–Crippen LogP) is 2.65. The van der Waals surface area contributed by atoms with Crippen LogP contribution >= 0.6 is 11.6 Å². The minimum absolute atomic E-state index is 0.232. The minimum atomic E-state index is -3.26. The molecular formula is C14H22ClNO3S. The maximum atomic E-state index is 11.7. The van der Waals surface area contributed by atoms with Crippen LogP contribution in [0.1, 0.15) is 25.8 Å². The summed E-state index contributed by atoms with van der Waals surface area (Å²) in [6.07, 6.45) is 2.30. The molecule has 0 radical (unpaired) electrons. The molecule has 6 heteroatoms. The van der Waals surface area contributed by atoms with E-state index in [9.17, 15) is 8.42 Å². The fraction of sp³-hybridized carbons (Fsp3) is 0.571. The number of hydrogen-bond donors (Lipinski definition) is 1. The highest BCUT2D eigenvalue weighted by Gasteiger charge is 2.15. The van der Waals surface area contributed by atoms with Crippen LogP contribution in [0.5, 0.6) is 0 Å². The highest BCUT2D eigenvalue weighted by atomic mass is 35.5. The number of benzene rings is 1. The molecule has 1 rings (SSSR count). The summed E-state index contributed by atoms with van der Waals surface area (Å²) in [6.45, 7) is 5.86. The molecule has 0 bridgehead atoms. The second-order valence-corrected chi connectivity index (χ2v) is 7.33. The standard InChI is InChI=1S/C14H22ClNO3S/c1-11(2)19-9-5-8-16-10-12-13(15)6-4-7-14(12)20(3,17)18/h4,6-7,11,16H,5,8-10H2,1-3H3. The molecule has 0 heterocycles. The molecule has 1 N–H and O–H groups in total. The van der Waals surface area contributed by atoms with Crippen molar-refractivity contribution in [2.45, 2.75) is 37.8 Å². The van der Waals surface area contributed by atoms with Crippen molar-refractivity contribution in [3.63, 3.8) is 0 Å². The zero-order valence-corrected chi connectivity index (χ0v) is 13.7. The first-order valence-electron chi connectivity index (χ1n) is 6.62. The van der Waals surface area contributed by atoms with Gasteiger partial charge >= 0.3 is 0 Å². The van der Waals surface area contributed by atoms with Gasteiger partial charge in [0.1, 0.15) is 0 Å². The molecular weight excluding hydrogens is 298 g/mol. The van der Waals surface area contributed by atoms with Gasteiger partial charge in [-0.05, 0) is 38.9 Å². The Morgan fingerprint density at radius 2 is 2.05 bits per heavy atom. The Bertz CT molecular complexity index is 529. The van der Waals surface area contributed by atoms with Gasteiger partial charge in [-0.2, -0.15) is 0 Å². The average Bonchev–Trinajstić information content (AvgIpc) is 2.33. The number of hydrogen-bond acceptors (Lipinski definition) is 4. The number of nitrogens with one attached hydrogen (secondary N) is 1. The summed E-state index contributed by atoms with van der Waals surface area (Å²) in [4.78, 5) is 0.288. The molecule has 0 atom stereocenters. The Labute approximate surface area is 126 Å². The molecule has 0 amide bonds. The van der Waals surface area contributed by atoms with Gasteiger partial charge in [-0.25, -0.2) is 8.42 Å². The minimum Gasteiger partial charge on any atom is -0.379 e. The van der Waals surface area contributed by atoms with E-state index in [2.05, 4.69) is 5.32 Å². The average molecular weight is 320 g/mol. The molecule has 0 saturated carbocycles. The Hall–Kier alpha value is -0.620. The number of rotatable bonds is 8. The van der Waals surface area contributed by atoms with Crippen molar-refractivity contribution in [2.75, 3.05) is 19.4 Å². The Morgan fingerprint density at radius 3 is 2.65 bits per heavy atom. The SMILES string of the molecule is CC(C)OCCCNCc1c(Cl)cccc1S(C)(=O)=O. The molecule has 1 aromatic carbocycles. The lowest BCUT2D eigenvalue weighted by Gasteiger charge is -2.12. The summed E-state index contributed by atoms with van der Waals surface area (Å²) >= 11 is 6.09. The summed E-state index contributed by atoms with van der Waals surface area (Å²) < 4.78 is 28.9. The van der Waals surface area contributed by atoms with Crippen LogP contribution in [0.25, 0.3) is 0 Å². The zero-order valence-electron chi connectivity index (χ0n) is 12.1. The van der Waals surface area contributed by atoms with E-state index in [1.54, 1.807) is 18.2 Å². The molecule has 0 saturated heterocycles. The van der Waals surface area contributed by atoms with Crippen LogP contribution < -0.4 is 5.32 Å². The summed E-state index contributed by atoms with van der Waals surface area (Å²) in [5.74, 6) is 0. The third-order valence-electron chi connectivity index (χ3n) is 2.73. The van der Waals surface area contributed by atoms with Crippen molar-refractivity contribution in [3.05, 3.63) is 28.8 Å². The molecule has 0 aliphatic carbocycles. The number of halogens is 1. The molecule has 0 aliphatic heterocycles. The van der Waals surface area contributed by atoms with E-state index >= 15 is 0 Å². The molecule has 0 aromatic heterocycles. The molecule has 0 spiro atoms. The number of sulfone groups is 1. The lowest BCUT2D eigenvalue weighted by atomic mass is 10.2. The van der Waals surface area contributed by atoms with Gasteiger partial charge in [-0.15, -0.1) is 0 Å². The van der Waals surface area contributed by atoms with E-state index in [-0.39, 0.29) is 11.0 Å². The lowest BCUT2D eigenvalue weighted by Crippen LogP contribution is -2.19. The second kappa shape index (κ2) is 7.98. The van der Waals surface area contributed by atoms with Crippen molar-refractivity contribution in [1.29, 1.82) is 0 Å². The van der Waals surface area contributed by atoms with Gasteiger partial charge in [-0.3, -0.25) is 0 Å². The molecule has 114 valence electrons. The van der Waals surface area contributed by atoms with Crippen LogP contribution in [0.4, 0.5) is 0 Å². The van der Waals surface area contributed by atoms with Gasteiger partial charge in [-0.1, -0.05) is 17.7 Å². The van der Waals surface area contributed by atoms with Gasteiger partial charge in [0.25, 0.3) is 0 Å². The van der Waals surface area contributed by atoms with E-state index in [0.717, 1.165) is 13.0 Å². The molecule has 4 nitrogen and oxygen atoms in total. The normalized spacial score (nSPS) is 12.1. The summed E-state index contributed by atoms with van der Waals surface area (Å²) in [5, 5.41) is 3.67. The van der Waals surface area contributed by atoms with Crippen molar-refractivity contribution in [1.82, 2.24) is 5.32 Å². The van der Waals surface area contributed by atoms with E-state index in [0.29, 0.717) is 23.7 Å². The van der Waals surface area contributed by atoms with Gasteiger partial charge in [0.15, 0.2) is 9.84 Å². The fourth-order valence-corrected chi connectivity index (χ4v) is 3.04. The zero-order chi connectivity index (χ0) is 15.2. The molecule has 0 unspecified atom stereocenters. The van der Waals surface area contributed by atoms with E-state index < -0.39 is 9.84 Å². The quantitative estimate of drug-likeness (QED) is 0.748. The van der Waals surface area contributed by atoms with E-state index in [1.165, 1.54) is 6.26 Å². The summed E-state index contributed by atoms with van der Waals surface area (Å²) in [6, 6.07) is 4.94. The third kappa shape index (κ3) is 5.79. The second-order valence-electron chi connectivity index (χ2n) is 4.94. The van der Waals surface area contributed by atoms with E-state index in [4.69, 9.17) is 16.3 Å². The third-order valence-corrected chi connectivity index (χ3v) is 4.26. The topological polar surface area (TPSA) is 55.4 Å². The predicted molar refractivity (Wildman–Crippen MR) is 82.0 cm³/mol. The highest BCUT2D eigenvalue weighted by molar-refractivity contribution is 7.90. The lowest BCUT2D eigenvalue weighted by molar-refractivity contribution is 0.0770. The first kappa shape index (κ1) is 17.4. The van der Waals surface area contributed by atoms with Crippen molar-refractivity contribution >= 4 is 21.4 Å². The van der Waals surface area contributed by atoms with Gasteiger partial charge < -0.3 is 10.1 Å². The largest absolute Gasteiger partial charge is 0.379 e. The molecule has 0 fully saturated rings. The van der Waals surface area contributed by atoms with E-state index in [1.807, 2.05) is 13.8 Å². The molecule has 20 heavy (non-hydrogen) atoms. The van der Waals surface area contributed by atoms with Crippen molar-refractivity contribution in [2.24, 2.45) is 0 Å². The highest BCUT2D eigenvalue weighted by Crippen LogP contribution is 2.23. The van der Waals surface area contributed by atoms with Crippen LogP contribution in [0.2, 0.25) is 5.02 Å². The summed E-state index contributed by atoms with van der Waals surface area (Å²) in [7, 11) is -3.26.